The van der Waals surface area contributed by atoms with Crippen LogP contribution in [-0.2, 0) is 14.3 Å². The molecular formula is C11H10Cl2N2O5. The number of ether oxygens (including phenoxy) is 2. The second-order valence-electron chi connectivity index (χ2n) is 3.90. The SMILES string of the molecule is CC1OC(C(=O)NNC(=O)c2cc(Cl)c(O)c(Cl)c2)O1. The lowest BCUT2D eigenvalue weighted by Crippen LogP contribution is -2.54. The smallest absolute Gasteiger partial charge is 0.295 e. The minimum atomic E-state index is -1.04. The van der Waals surface area contributed by atoms with E-state index in [4.69, 9.17) is 32.7 Å². The Bertz CT molecular complexity index is 537. The fraction of sp³-hybridized carbons (Fsp3) is 0.273. The topological polar surface area (TPSA) is 96.9 Å². The van der Waals surface area contributed by atoms with Gasteiger partial charge in [0.2, 0.25) is 6.29 Å². The maximum absolute atomic E-state index is 11.8. The Morgan fingerprint density at radius 1 is 1.20 bits per heavy atom. The van der Waals surface area contributed by atoms with Crippen molar-refractivity contribution in [1.82, 2.24) is 10.9 Å². The summed E-state index contributed by atoms with van der Waals surface area (Å²) in [7, 11) is 0. The summed E-state index contributed by atoms with van der Waals surface area (Å²) in [5, 5.41) is 9.22. The molecule has 9 heteroatoms. The maximum Gasteiger partial charge on any atom is 0.295 e. The number of phenols is 1. The lowest BCUT2D eigenvalue weighted by molar-refractivity contribution is -0.357. The summed E-state index contributed by atoms with van der Waals surface area (Å²) in [5.74, 6) is -1.62. The van der Waals surface area contributed by atoms with Crippen molar-refractivity contribution in [2.24, 2.45) is 0 Å². The van der Waals surface area contributed by atoms with E-state index in [1.54, 1.807) is 6.92 Å². The molecule has 1 aliphatic heterocycles. The standard InChI is InChI=1S/C11H10Cl2N2O5/c1-4-19-11(20-4)10(18)15-14-9(17)5-2-6(12)8(16)7(13)3-5/h2-4,11,16H,1H3,(H,14,17)(H,15,18). The Hall–Kier alpha value is -1.54. The summed E-state index contributed by atoms with van der Waals surface area (Å²) in [6.07, 6.45) is -1.49. The van der Waals surface area contributed by atoms with E-state index in [2.05, 4.69) is 10.9 Å². The van der Waals surface area contributed by atoms with Gasteiger partial charge < -0.3 is 14.6 Å². The Balaban J connectivity index is 1.93. The van der Waals surface area contributed by atoms with Gasteiger partial charge in [-0.05, 0) is 19.1 Å². The van der Waals surface area contributed by atoms with Gasteiger partial charge in [0, 0.05) is 5.56 Å². The molecule has 1 aliphatic rings. The van der Waals surface area contributed by atoms with E-state index < -0.39 is 24.4 Å². The van der Waals surface area contributed by atoms with Crippen molar-refractivity contribution in [1.29, 1.82) is 0 Å². The number of amides is 2. The maximum atomic E-state index is 11.8. The van der Waals surface area contributed by atoms with Crippen molar-refractivity contribution < 1.29 is 24.2 Å². The van der Waals surface area contributed by atoms with E-state index in [9.17, 15) is 14.7 Å². The van der Waals surface area contributed by atoms with E-state index in [0.29, 0.717) is 0 Å². The molecule has 0 atom stereocenters. The van der Waals surface area contributed by atoms with Crippen LogP contribution < -0.4 is 10.9 Å². The summed E-state index contributed by atoms with van der Waals surface area (Å²) in [5.41, 5.74) is 4.33. The van der Waals surface area contributed by atoms with Crippen molar-refractivity contribution in [3.8, 4) is 5.75 Å². The highest BCUT2D eigenvalue weighted by Gasteiger charge is 2.33. The van der Waals surface area contributed by atoms with Crippen LogP contribution in [0.2, 0.25) is 10.0 Å². The zero-order valence-electron chi connectivity index (χ0n) is 10.1. The molecule has 0 aliphatic carbocycles. The molecule has 1 saturated heterocycles. The van der Waals surface area contributed by atoms with Gasteiger partial charge in [0.1, 0.15) is 0 Å². The molecule has 0 saturated carbocycles. The predicted molar refractivity (Wildman–Crippen MR) is 69.2 cm³/mol. The molecule has 1 aromatic carbocycles. The van der Waals surface area contributed by atoms with Gasteiger partial charge in [-0.25, -0.2) is 0 Å². The summed E-state index contributed by atoms with van der Waals surface area (Å²) in [4.78, 5) is 23.2. The third-order valence-corrected chi connectivity index (χ3v) is 3.00. The van der Waals surface area contributed by atoms with Crippen LogP contribution in [0.3, 0.4) is 0 Å². The molecule has 108 valence electrons. The van der Waals surface area contributed by atoms with Gasteiger partial charge in [-0.2, -0.15) is 0 Å². The first kappa shape index (κ1) is 14.9. The van der Waals surface area contributed by atoms with E-state index >= 15 is 0 Å². The first-order chi connectivity index (χ1) is 9.38. The van der Waals surface area contributed by atoms with Gasteiger partial charge >= 0.3 is 0 Å². The average molecular weight is 321 g/mol. The van der Waals surface area contributed by atoms with E-state index in [-0.39, 0.29) is 21.4 Å². The van der Waals surface area contributed by atoms with Crippen LogP contribution in [-0.4, -0.2) is 29.5 Å². The summed E-state index contributed by atoms with van der Waals surface area (Å²) < 4.78 is 9.86. The summed E-state index contributed by atoms with van der Waals surface area (Å²) in [6, 6.07) is 2.42. The summed E-state index contributed by atoms with van der Waals surface area (Å²) in [6.45, 7) is 1.63. The lowest BCUT2D eigenvalue weighted by atomic mass is 10.2. The molecule has 1 heterocycles. The molecule has 0 bridgehead atoms. The molecule has 1 fully saturated rings. The largest absolute Gasteiger partial charge is 0.505 e. The predicted octanol–water partition coefficient (Wildman–Crippen LogP) is 1.18. The van der Waals surface area contributed by atoms with Crippen LogP contribution >= 0.6 is 23.2 Å². The highest BCUT2D eigenvalue weighted by molar-refractivity contribution is 6.37. The Labute approximate surface area is 123 Å². The normalized spacial score (nSPS) is 20.9. The number of phenolic OH excluding ortho intramolecular Hbond substituents is 1. The van der Waals surface area contributed by atoms with Gasteiger partial charge in [0.05, 0.1) is 10.0 Å². The molecule has 2 amide bonds. The number of benzene rings is 1. The van der Waals surface area contributed by atoms with Crippen molar-refractivity contribution in [2.75, 3.05) is 0 Å². The first-order valence-corrected chi connectivity index (χ1v) is 6.23. The van der Waals surface area contributed by atoms with E-state index in [0.717, 1.165) is 0 Å². The van der Waals surface area contributed by atoms with Crippen LogP contribution in [0.1, 0.15) is 17.3 Å². The van der Waals surface area contributed by atoms with Crippen molar-refractivity contribution in [3.63, 3.8) is 0 Å². The monoisotopic (exact) mass is 320 g/mol. The molecule has 7 nitrogen and oxygen atoms in total. The first-order valence-electron chi connectivity index (χ1n) is 5.47. The molecule has 2 rings (SSSR count). The average Bonchev–Trinajstić information content (AvgIpc) is 2.37. The number of halogens is 2. The molecule has 1 aromatic rings. The quantitative estimate of drug-likeness (QED) is 0.711. The van der Waals surface area contributed by atoms with Gasteiger partial charge in [-0.15, -0.1) is 0 Å². The molecule has 3 N–H and O–H groups in total. The van der Waals surface area contributed by atoms with Gasteiger partial charge in [-0.1, -0.05) is 23.2 Å². The molecule has 0 aromatic heterocycles. The highest BCUT2D eigenvalue weighted by atomic mass is 35.5. The van der Waals surface area contributed by atoms with E-state index in [1.165, 1.54) is 12.1 Å². The molecule has 20 heavy (non-hydrogen) atoms. The van der Waals surface area contributed by atoms with E-state index in [1.807, 2.05) is 0 Å². The fourth-order valence-electron chi connectivity index (χ4n) is 1.43. The Kier molecular flexibility index (Phi) is 4.34. The number of carbonyl (C=O) groups is 2. The minimum absolute atomic E-state index is 0.0712. The number of hydrogen-bond acceptors (Lipinski definition) is 5. The minimum Gasteiger partial charge on any atom is -0.505 e. The highest BCUT2D eigenvalue weighted by Crippen LogP contribution is 2.32. The number of hydrogen-bond donors (Lipinski definition) is 3. The van der Waals surface area contributed by atoms with Crippen LogP contribution in [0.25, 0.3) is 0 Å². The van der Waals surface area contributed by atoms with Crippen molar-refractivity contribution >= 4 is 35.0 Å². The fourth-order valence-corrected chi connectivity index (χ4v) is 1.92. The van der Waals surface area contributed by atoms with Crippen molar-refractivity contribution in [2.45, 2.75) is 19.5 Å². The zero-order chi connectivity index (χ0) is 14.9. The third-order valence-electron chi connectivity index (χ3n) is 2.42. The lowest BCUT2D eigenvalue weighted by Gasteiger charge is -2.32. The van der Waals surface area contributed by atoms with Crippen molar-refractivity contribution in [3.05, 3.63) is 27.7 Å². The molecule has 0 unspecified atom stereocenters. The second-order valence-corrected chi connectivity index (χ2v) is 4.72. The van der Waals surface area contributed by atoms with Gasteiger partial charge in [0.25, 0.3) is 11.8 Å². The second kappa shape index (κ2) is 5.84. The van der Waals surface area contributed by atoms with Gasteiger partial charge in [0.15, 0.2) is 12.0 Å². The summed E-state index contributed by atoms with van der Waals surface area (Å²) >= 11 is 11.4. The van der Waals surface area contributed by atoms with Crippen LogP contribution in [0.5, 0.6) is 5.75 Å². The number of hydrazine groups is 1. The molecule has 0 radical (unpaired) electrons. The number of rotatable bonds is 2. The Morgan fingerprint density at radius 3 is 2.25 bits per heavy atom. The van der Waals surface area contributed by atoms with Crippen LogP contribution in [0, 0.1) is 0 Å². The number of aromatic hydroxyl groups is 1. The van der Waals surface area contributed by atoms with Gasteiger partial charge in [-0.3, -0.25) is 20.4 Å². The molecular weight excluding hydrogens is 311 g/mol. The number of carbonyl (C=O) groups excluding carboxylic acids is 2. The molecule has 0 spiro atoms. The zero-order valence-corrected chi connectivity index (χ0v) is 11.7. The number of nitrogens with one attached hydrogen (secondary N) is 2. The van der Waals surface area contributed by atoms with Crippen LogP contribution in [0.15, 0.2) is 12.1 Å². The van der Waals surface area contributed by atoms with Crippen LogP contribution in [0.4, 0.5) is 0 Å². The third kappa shape index (κ3) is 3.13. The Morgan fingerprint density at radius 2 is 1.75 bits per heavy atom.